The fourth-order valence-electron chi connectivity index (χ4n) is 2.95. The third-order valence-corrected chi connectivity index (χ3v) is 5.84. The number of carboxylic acids is 1. The average molecular weight is 309 g/mol. The average Bonchev–Trinajstić information content (AvgIpc) is 3.00. The van der Waals surface area contributed by atoms with Crippen LogP contribution in [0.3, 0.4) is 0 Å². The second-order valence-electron chi connectivity index (χ2n) is 5.49. The Balaban J connectivity index is 1.88. The molecule has 0 aliphatic carbocycles. The van der Waals surface area contributed by atoms with Crippen molar-refractivity contribution in [2.75, 3.05) is 23.0 Å². The lowest BCUT2D eigenvalue weighted by Crippen LogP contribution is -2.35. The van der Waals surface area contributed by atoms with Gasteiger partial charge in [-0.15, -0.1) is 0 Å². The summed E-state index contributed by atoms with van der Waals surface area (Å²) < 4.78 is 23.0. The van der Waals surface area contributed by atoms with E-state index in [0.29, 0.717) is 25.1 Å². The molecule has 0 aromatic heterocycles. The van der Waals surface area contributed by atoms with E-state index in [-0.39, 0.29) is 23.0 Å². The van der Waals surface area contributed by atoms with Gasteiger partial charge in [-0.1, -0.05) is 6.07 Å². The molecule has 1 N–H and O–H groups in total. The van der Waals surface area contributed by atoms with Gasteiger partial charge in [-0.2, -0.15) is 0 Å². The molecule has 6 nitrogen and oxygen atoms in total. The van der Waals surface area contributed by atoms with Crippen molar-refractivity contribution in [1.29, 1.82) is 0 Å². The molecule has 2 heterocycles. The summed E-state index contributed by atoms with van der Waals surface area (Å²) in [6.07, 6.45) is 1.02. The quantitative estimate of drug-likeness (QED) is 0.868. The number of sulfone groups is 1. The molecule has 1 fully saturated rings. The van der Waals surface area contributed by atoms with Gasteiger partial charge in [0.05, 0.1) is 23.0 Å². The summed E-state index contributed by atoms with van der Waals surface area (Å²) in [5, 5.41) is 9.04. The molecular weight excluding hydrogens is 294 g/mol. The van der Waals surface area contributed by atoms with Gasteiger partial charge in [-0.25, -0.2) is 13.2 Å². The van der Waals surface area contributed by atoms with Gasteiger partial charge >= 0.3 is 5.97 Å². The number of anilines is 1. The second-order valence-corrected chi connectivity index (χ2v) is 7.72. The van der Waals surface area contributed by atoms with E-state index in [1.54, 1.807) is 6.07 Å². The Morgan fingerprint density at radius 3 is 2.67 bits per heavy atom. The highest BCUT2D eigenvalue weighted by Crippen LogP contribution is 2.32. The Kier molecular flexibility index (Phi) is 3.24. The third kappa shape index (κ3) is 2.53. The van der Waals surface area contributed by atoms with E-state index < -0.39 is 21.7 Å². The number of carbonyl (C=O) groups is 2. The highest BCUT2D eigenvalue weighted by atomic mass is 32.2. The van der Waals surface area contributed by atoms with Gasteiger partial charge in [0.1, 0.15) is 0 Å². The maximum Gasteiger partial charge on any atom is 0.335 e. The first-order chi connectivity index (χ1) is 9.87. The molecule has 2 aliphatic rings. The summed E-state index contributed by atoms with van der Waals surface area (Å²) in [7, 11) is -3.11. The number of aromatic carboxylic acids is 1. The van der Waals surface area contributed by atoms with Gasteiger partial charge in [0.15, 0.2) is 9.84 Å². The predicted molar refractivity (Wildman–Crippen MR) is 76.2 cm³/mol. The Hall–Kier alpha value is -1.89. The summed E-state index contributed by atoms with van der Waals surface area (Å²) in [5.41, 5.74) is 1.66. The van der Waals surface area contributed by atoms with E-state index in [4.69, 9.17) is 5.11 Å². The first-order valence-corrected chi connectivity index (χ1v) is 8.57. The van der Waals surface area contributed by atoms with Crippen LogP contribution in [-0.2, 0) is 21.1 Å². The molecule has 2 aliphatic heterocycles. The van der Waals surface area contributed by atoms with E-state index >= 15 is 0 Å². The maximum atomic E-state index is 12.5. The Morgan fingerprint density at radius 2 is 2.05 bits per heavy atom. The minimum absolute atomic E-state index is 0.0548. The topological polar surface area (TPSA) is 91.8 Å². The predicted octanol–water partition coefficient (Wildman–Crippen LogP) is 0.709. The van der Waals surface area contributed by atoms with Crippen LogP contribution >= 0.6 is 0 Å². The van der Waals surface area contributed by atoms with Crippen molar-refractivity contribution in [3.8, 4) is 0 Å². The summed E-state index contributed by atoms with van der Waals surface area (Å²) in [4.78, 5) is 25.1. The normalized spacial score (nSPS) is 23.0. The molecule has 0 saturated carbocycles. The van der Waals surface area contributed by atoms with E-state index in [9.17, 15) is 18.0 Å². The number of carboxylic acid groups (broad SMARTS) is 1. The van der Waals surface area contributed by atoms with Crippen LogP contribution < -0.4 is 4.90 Å². The van der Waals surface area contributed by atoms with E-state index in [1.807, 2.05) is 0 Å². The standard InChI is InChI=1S/C14H15NO5S/c16-13(11-4-6-21(19,20)8-11)15-5-3-9-1-2-10(14(17)18)7-12(9)15/h1-2,7,11H,3-6,8H2,(H,17,18). The molecule has 0 radical (unpaired) electrons. The van der Waals surface area contributed by atoms with Crippen molar-refractivity contribution in [1.82, 2.24) is 0 Å². The molecule has 0 bridgehead atoms. The van der Waals surface area contributed by atoms with Crippen LogP contribution in [0.15, 0.2) is 18.2 Å². The fraction of sp³-hybridized carbons (Fsp3) is 0.429. The molecule has 1 saturated heterocycles. The van der Waals surface area contributed by atoms with Crippen LogP contribution in [0, 0.1) is 5.92 Å². The number of hydrogen-bond acceptors (Lipinski definition) is 4. The minimum atomic E-state index is -3.11. The summed E-state index contributed by atoms with van der Waals surface area (Å²) in [6, 6.07) is 4.73. The van der Waals surface area contributed by atoms with Gasteiger partial charge in [0.2, 0.25) is 5.91 Å². The van der Waals surface area contributed by atoms with Crippen molar-refractivity contribution in [2.24, 2.45) is 5.92 Å². The highest BCUT2D eigenvalue weighted by Gasteiger charge is 2.37. The zero-order valence-corrected chi connectivity index (χ0v) is 12.1. The molecule has 1 atom stereocenters. The van der Waals surface area contributed by atoms with Crippen LogP contribution in [0.4, 0.5) is 5.69 Å². The fourth-order valence-corrected chi connectivity index (χ4v) is 4.68. The van der Waals surface area contributed by atoms with E-state index in [1.165, 1.54) is 17.0 Å². The van der Waals surface area contributed by atoms with Gasteiger partial charge in [-0.3, -0.25) is 4.79 Å². The molecular formula is C14H15NO5S. The number of amides is 1. The van der Waals surface area contributed by atoms with Gasteiger partial charge in [0.25, 0.3) is 0 Å². The zero-order valence-electron chi connectivity index (χ0n) is 11.3. The number of fused-ring (bicyclic) bond motifs is 1. The van der Waals surface area contributed by atoms with Crippen molar-refractivity contribution >= 4 is 27.4 Å². The first kappa shape index (κ1) is 14.1. The third-order valence-electron chi connectivity index (χ3n) is 4.08. The minimum Gasteiger partial charge on any atom is -0.478 e. The second kappa shape index (κ2) is 4.84. The maximum absolute atomic E-state index is 12.5. The number of carbonyl (C=O) groups excluding carboxylic acids is 1. The number of hydrogen-bond donors (Lipinski definition) is 1. The molecule has 0 spiro atoms. The lowest BCUT2D eigenvalue weighted by molar-refractivity contribution is -0.121. The molecule has 1 unspecified atom stereocenters. The highest BCUT2D eigenvalue weighted by molar-refractivity contribution is 7.91. The van der Waals surface area contributed by atoms with Crippen LogP contribution in [0.2, 0.25) is 0 Å². The van der Waals surface area contributed by atoms with E-state index in [0.717, 1.165) is 5.56 Å². The molecule has 112 valence electrons. The van der Waals surface area contributed by atoms with Crippen molar-refractivity contribution in [3.05, 3.63) is 29.3 Å². The molecule has 1 amide bonds. The molecule has 1 aromatic carbocycles. The summed E-state index contributed by atoms with van der Waals surface area (Å²) >= 11 is 0. The zero-order chi connectivity index (χ0) is 15.2. The SMILES string of the molecule is O=C(O)c1ccc2c(c1)N(C(=O)C1CCS(=O)(=O)C1)CC2. The molecule has 7 heteroatoms. The summed E-state index contributed by atoms with van der Waals surface area (Å²) in [5.74, 6) is -1.80. The number of benzene rings is 1. The lowest BCUT2D eigenvalue weighted by Gasteiger charge is -2.20. The monoisotopic (exact) mass is 309 g/mol. The van der Waals surface area contributed by atoms with Gasteiger partial charge < -0.3 is 10.0 Å². The number of rotatable bonds is 2. The Labute approximate surface area is 122 Å². The Morgan fingerprint density at radius 1 is 1.29 bits per heavy atom. The molecule has 3 rings (SSSR count). The first-order valence-electron chi connectivity index (χ1n) is 6.75. The largest absolute Gasteiger partial charge is 0.478 e. The van der Waals surface area contributed by atoms with Crippen LogP contribution in [-0.4, -0.2) is 43.5 Å². The Bertz CT molecular complexity index is 725. The van der Waals surface area contributed by atoms with Crippen LogP contribution in [0.1, 0.15) is 22.3 Å². The van der Waals surface area contributed by atoms with Crippen molar-refractivity contribution < 1.29 is 23.1 Å². The van der Waals surface area contributed by atoms with Crippen LogP contribution in [0.25, 0.3) is 0 Å². The number of nitrogens with zero attached hydrogens (tertiary/aromatic N) is 1. The van der Waals surface area contributed by atoms with Gasteiger partial charge in [-0.05, 0) is 30.5 Å². The van der Waals surface area contributed by atoms with Gasteiger partial charge in [0, 0.05) is 12.2 Å². The van der Waals surface area contributed by atoms with E-state index in [2.05, 4.69) is 0 Å². The smallest absolute Gasteiger partial charge is 0.335 e. The molecule has 1 aromatic rings. The summed E-state index contributed by atoms with van der Waals surface area (Å²) in [6.45, 7) is 0.480. The molecule has 21 heavy (non-hydrogen) atoms. The van der Waals surface area contributed by atoms with Crippen molar-refractivity contribution in [2.45, 2.75) is 12.8 Å². The van der Waals surface area contributed by atoms with Crippen LogP contribution in [0.5, 0.6) is 0 Å². The lowest BCUT2D eigenvalue weighted by atomic mass is 10.1. The van der Waals surface area contributed by atoms with Crippen molar-refractivity contribution in [3.63, 3.8) is 0 Å².